The van der Waals surface area contributed by atoms with E-state index in [1.54, 1.807) is 36.7 Å². The maximum atomic E-state index is 12.1. The van der Waals surface area contributed by atoms with Crippen LogP contribution in [0.2, 0.25) is 5.02 Å². The third-order valence-corrected chi connectivity index (χ3v) is 4.77. The largest absolute Gasteiger partial charge is 0.316 e. The lowest BCUT2D eigenvalue weighted by molar-refractivity contribution is -0.115. The summed E-state index contributed by atoms with van der Waals surface area (Å²) in [4.78, 5) is 16.2. The smallest absolute Gasteiger partial charge is 0.238 e. The Kier molecular flexibility index (Phi) is 5.01. The number of aromatic nitrogens is 1. The molecule has 7 heteroatoms. The van der Waals surface area contributed by atoms with Crippen molar-refractivity contribution < 1.29 is 4.79 Å². The molecule has 2 aromatic rings. The van der Waals surface area contributed by atoms with Gasteiger partial charge < -0.3 is 5.32 Å². The average molecular weight is 324 g/mol. The normalized spacial score (nSPS) is 11.7. The molecule has 0 radical (unpaired) electrons. The molecule has 0 bridgehead atoms. The summed E-state index contributed by atoms with van der Waals surface area (Å²) in [6.45, 7) is 1.77. The molecule has 0 saturated carbocycles. The number of hydrogen-bond acceptors (Lipinski definition) is 5. The molecule has 2 aromatic heterocycles. The molecule has 2 rings (SSSR count). The first kappa shape index (κ1) is 14.9. The first-order valence-electron chi connectivity index (χ1n) is 5.67. The van der Waals surface area contributed by atoms with Gasteiger partial charge in [0, 0.05) is 6.20 Å². The van der Waals surface area contributed by atoms with Crippen molar-refractivity contribution in [3.8, 4) is 6.07 Å². The van der Waals surface area contributed by atoms with Crippen molar-refractivity contribution in [1.29, 1.82) is 5.26 Å². The molecule has 102 valence electrons. The van der Waals surface area contributed by atoms with Gasteiger partial charge in [0.05, 0.1) is 15.8 Å². The highest BCUT2D eigenvalue weighted by Crippen LogP contribution is 2.29. The van der Waals surface area contributed by atoms with E-state index in [1.807, 2.05) is 6.07 Å². The molecule has 4 nitrogen and oxygen atoms in total. The predicted octanol–water partition coefficient (Wildman–Crippen LogP) is 3.79. The minimum absolute atomic E-state index is 0.185. The van der Waals surface area contributed by atoms with Crippen LogP contribution >= 0.6 is 34.7 Å². The summed E-state index contributed by atoms with van der Waals surface area (Å²) in [7, 11) is 0. The lowest BCUT2D eigenvalue weighted by Crippen LogP contribution is -2.22. The number of nitrogens with one attached hydrogen (secondary N) is 1. The van der Waals surface area contributed by atoms with E-state index in [0.717, 1.165) is 0 Å². The Hall–Kier alpha value is -1.55. The van der Waals surface area contributed by atoms with Crippen LogP contribution in [0.1, 0.15) is 12.5 Å². The molecule has 0 unspecified atom stereocenters. The molecule has 0 spiro atoms. The van der Waals surface area contributed by atoms with Gasteiger partial charge in [0.1, 0.15) is 16.1 Å². The number of carbonyl (C=O) groups is 1. The summed E-state index contributed by atoms with van der Waals surface area (Å²) in [5.74, 6) is -0.185. The first-order chi connectivity index (χ1) is 9.61. The van der Waals surface area contributed by atoms with Crippen molar-refractivity contribution >= 4 is 45.6 Å². The van der Waals surface area contributed by atoms with Gasteiger partial charge in [-0.1, -0.05) is 23.4 Å². The molecule has 1 N–H and O–H groups in total. The monoisotopic (exact) mass is 323 g/mol. The Morgan fingerprint density at radius 3 is 3.10 bits per heavy atom. The fourth-order valence-electron chi connectivity index (χ4n) is 1.39. The van der Waals surface area contributed by atoms with Gasteiger partial charge in [0.25, 0.3) is 0 Å². The van der Waals surface area contributed by atoms with Crippen molar-refractivity contribution in [2.75, 3.05) is 5.32 Å². The molecule has 2 heterocycles. The van der Waals surface area contributed by atoms with E-state index in [2.05, 4.69) is 10.3 Å². The molecule has 0 aliphatic heterocycles. The van der Waals surface area contributed by atoms with Gasteiger partial charge in [0.2, 0.25) is 5.91 Å². The standard InChI is InChI=1S/C13H10ClN3OS2/c1-8(20-13-10(14)3-2-5-16-13)11(18)17-12-9(7-15)4-6-19-12/h2-6,8H,1H3,(H,17,18)/t8-/m1/s1. The van der Waals surface area contributed by atoms with E-state index in [-0.39, 0.29) is 11.2 Å². The quantitative estimate of drug-likeness (QED) is 0.869. The van der Waals surface area contributed by atoms with E-state index in [4.69, 9.17) is 16.9 Å². The molecule has 0 fully saturated rings. The van der Waals surface area contributed by atoms with Crippen LogP contribution in [0.4, 0.5) is 5.00 Å². The van der Waals surface area contributed by atoms with Crippen LogP contribution in [-0.4, -0.2) is 16.1 Å². The number of pyridine rings is 1. The number of nitrogens with zero attached hydrogens (tertiary/aromatic N) is 2. The summed E-state index contributed by atoms with van der Waals surface area (Å²) in [5.41, 5.74) is 0.469. The van der Waals surface area contributed by atoms with Crippen molar-refractivity contribution in [2.24, 2.45) is 0 Å². The van der Waals surface area contributed by atoms with E-state index < -0.39 is 0 Å². The van der Waals surface area contributed by atoms with E-state index in [9.17, 15) is 4.79 Å². The Morgan fingerprint density at radius 2 is 2.40 bits per heavy atom. The summed E-state index contributed by atoms with van der Waals surface area (Å²) < 4.78 is 0. The fraction of sp³-hybridized carbons (Fsp3) is 0.154. The van der Waals surface area contributed by atoms with Gasteiger partial charge in [0.15, 0.2) is 0 Å². The zero-order valence-corrected chi connectivity index (χ0v) is 12.9. The number of nitriles is 1. The van der Waals surface area contributed by atoms with Gasteiger partial charge in [-0.2, -0.15) is 5.26 Å². The topological polar surface area (TPSA) is 65.8 Å². The summed E-state index contributed by atoms with van der Waals surface area (Å²) in [5, 5.41) is 14.8. The van der Waals surface area contributed by atoms with Crippen molar-refractivity contribution in [1.82, 2.24) is 4.98 Å². The average Bonchev–Trinajstić information content (AvgIpc) is 2.88. The summed E-state index contributed by atoms with van der Waals surface area (Å²) >= 11 is 8.61. The number of thiophene rings is 1. The maximum Gasteiger partial charge on any atom is 0.238 e. The van der Waals surface area contributed by atoms with Crippen LogP contribution in [0.25, 0.3) is 0 Å². The Bertz CT molecular complexity index is 666. The van der Waals surface area contributed by atoms with Crippen molar-refractivity contribution in [3.63, 3.8) is 0 Å². The van der Waals surface area contributed by atoms with Crippen LogP contribution in [0.5, 0.6) is 0 Å². The highest BCUT2D eigenvalue weighted by Gasteiger charge is 2.18. The molecule has 0 aromatic carbocycles. The van der Waals surface area contributed by atoms with Crippen LogP contribution in [-0.2, 0) is 4.79 Å². The highest BCUT2D eigenvalue weighted by atomic mass is 35.5. The van der Waals surface area contributed by atoms with Gasteiger partial charge in [-0.15, -0.1) is 11.3 Å². The third kappa shape index (κ3) is 3.51. The molecule has 0 saturated heterocycles. The first-order valence-corrected chi connectivity index (χ1v) is 7.81. The number of hydrogen-bond donors (Lipinski definition) is 1. The number of halogens is 1. The van der Waals surface area contributed by atoms with Crippen LogP contribution in [0.3, 0.4) is 0 Å². The van der Waals surface area contributed by atoms with Gasteiger partial charge in [-0.05, 0) is 30.5 Å². The Labute approximate surface area is 129 Å². The molecular weight excluding hydrogens is 314 g/mol. The molecule has 1 atom stereocenters. The van der Waals surface area contributed by atoms with Crippen molar-refractivity contribution in [3.05, 3.63) is 40.4 Å². The number of rotatable bonds is 4. The second-order valence-electron chi connectivity index (χ2n) is 3.81. The lowest BCUT2D eigenvalue weighted by Gasteiger charge is -2.11. The van der Waals surface area contributed by atoms with Gasteiger partial charge in [-0.25, -0.2) is 4.98 Å². The third-order valence-electron chi connectivity index (χ3n) is 2.40. The van der Waals surface area contributed by atoms with E-state index >= 15 is 0 Å². The second-order valence-corrected chi connectivity index (χ2v) is 6.47. The van der Waals surface area contributed by atoms with E-state index in [1.165, 1.54) is 23.1 Å². The zero-order chi connectivity index (χ0) is 14.5. The minimum Gasteiger partial charge on any atom is -0.316 e. The second kappa shape index (κ2) is 6.75. The van der Waals surface area contributed by atoms with Crippen LogP contribution < -0.4 is 5.32 Å². The number of carbonyl (C=O) groups excluding carboxylic acids is 1. The lowest BCUT2D eigenvalue weighted by atomic mass is 10.3. The molecule has 1 amide bonds. The molecular formula is C13H10ClN3OS2. The zero-order valence-electron chi connectivity index (χ0n) is 10.5. The van der Waals surface area contributed by atoms with Crippen LogP contribution in [0.15, 0.2) is 34.8 Å². The summed E-state index contributed by atoms with van der Waals surface area (Å²) in [6, 6.07) is 7.18. The molecule has 20 heavy (non-hydrogen) atoms. The van der Waals surface area contributed by atoms with Gasteiger partial charge >= 0.3 is 0 Å². The number of amides is 1. The highest BCUT2D eigenvalue weighted by molar-refractivity contribution is 8.00. The minimum atomic E-state index is -0.365. The van der Waals surface area contributed by atoms with Crippen molar-refractivity contribution in [2.45, 2.75) is 17.2 Å². The predicted molar refractivity (Wildman–Crippen MR) is 82.2 cm³/mol. The number of anilines is 1. The molecule has 0 aliphatic carbocycles. The van der Waals surface area contributed by atoms with Crippen LogP contribution in [0, 0.1) is 11.3 Å². The Balaban J connectivity index is 2.03. The number of thioether (sulfide) groups is 1. The van der Waals surface area contributed by atoms with E-state index in [0.29, 0.717) is 20.6 Å². The molecule has 0 aliphatic rings. The fourth-order valence-corrected chi connectivity index (χ4v) is 3.19. The van der Waals surface area contributed by atoms with Gasteiger partial charge in [-0.3, -0.25) is 4.79 Å². The maximum absolute atomic E-state index is 12.1. The SMILES string of the molecule is C[C@@H](Sc1ncccc1Cl)C(=O)Nc1sccc1C#N. The summed E-state index contributed by atoms with van der Waals surface area (Å²) in [6.07, 6.45) is 1.63. The Morgan fingerprint density at radius 1 is 1.60 bits per heavy atom.